The standard InChI is InChI=1S/C27H22Cl2N4O7/c1-9-6-12-17(22(35)27(9)23(36)18-14(38-2)8-15(39-3)20(29)21(18)40-27)16(10-4-5-13(34)11(28)7-10)19-24(31-12)32-26(30)33-25(19)37/h4-5,7-9,16,34H,6H2,1-3H3,(H4,30,31,32,33,37)/t9-,16?,27+/m1/s1. The molecule has 3 aromatic rings. The van der Waals surface area contributed by atoms with E-state index in [1.54, 1.807) is 6.92 Å². The van der Waals surface area contributed by atoms with Crippen molar-refractivity contribution in [2.24, 2.45) is 5.92 Å². The lowest BCUT2D eigenvalue weighted by atomic mass is 9.66. The van der Waals surface area contributed by atoms with E-state index in [2.05, 4.69) is 15.3 Å². The minimum atomic E-state index is -2.00. The summed E-state index contributed by atoms with van der Waals surface area (Å²) in [7, 11) is 2.79. The molecule has 0 saturated carbocycles. The number of fused-ring (bicyclic) bond motifs is 2. The van der Waals surface area contributed by atoms with Crippen LogP contribution in [-0.2, 0) is 4.79 Å². The van der Waals surface area contributed by atoms with Crippen LogP contribution >= 0.6 is 23.2 Å². The van der Waals surface area contributed by atoms with Gasteiger partial charge in [0.1, 0.15) is 33.7 Å². The number of phenolic OH excluding ortho intramolecular Hbond substituents is 1. The molecule has 3 heterocycles. The number of benzene rings is 2. The number of aromatic nitrogens is 2. The molecule has 0 fully saturated rings. The van der Waals surface area contributed by atoms with E-state index in [1.807, 2.05) is 0 Å². The highest BCUT2D eigenvalue weighted by Crippen LogP contribution is 2.56. The monoisotopic (exact) mass is 584 g/mol. The number of aromatic hydroxyl groups is 1. The average Bonchev–Trinajstić information content (AvgIpc) is 3.23. The summed E-state index contributed by atoms with van der Waals surface area (Å²) in [6.07, 6.45) is 0.175. The summed E-state index contributed by atoms with van der Waals surface area (Å²) in [5.41, 5.74) is 4.32. The molecule has 2 aliphatic heterocycles. The molecule has 2 aromatic carbocycles. The number of H-pyrrole nitrogens is 1. The van der Waals surface area contributed by atoms with Crippen molar-refractivity contribution in [3.8, 4) is 23.0 Å². The predicted octanol–water partition coefficient (Wildman–Crippen LogP) is 3.82. The Morgan fingerprint density at radius 3 is 2.52 bits per heavy atom. The Morgan fingerprint density at radius 2 is 1.85 bits per heavy atom. The van der Waals surface area contributed by atoms with Crippen LogP contribution in [-0.4, -0.2) is 46.5 Å². The third-order valence-corrected chi connectivity index (χ3v) is 8.32. The number of methoxy groups -OCH3 is 2. The summed E-state index contributed by atoms with van der Waals surface area (Å²) in [6.45, 7) is 1.71. The molecule has 0 bridgehead atoms. The van der Waals surface area contributed by atoms with Gasteiger partial charge in [0.25, 0.3) is 5.56 Å². The summed E-state index contributed by atoms with van der Waals surface area (Å²) in [5.74, 6) is -2.79. The number of allylic oxidation sites excluding steroid dienone is 1. The van der Waals surface area contributed by atoms with Gasteiger partial charge in [0.2, 0.25) is 23.1 Å². The van der Waals surface area contributed by atoms with E-state index in [1.165, 1.54) is 38.5 Å². The molecule has 5 N–H and O–H groups in total. The number of rotatable bonds is 3. The Labute approximate surface area is 236 Å². The lowest BCUT2D eigenvalue weighted by Crippen LogP contribution is -2.58. The van der Waals surface area contributed by atoms with E-state index in [4.69, 9.17) is 43.1 Å². The number of carbonyl (C=O) groups excluding carboxylic acids is 2. The first kappa shape index (κ1) is 26.0. The predicted molar refractivity (Wildman–Crippen MR) is 146 cm³/mol. The van der Waals surface area contributed by atoms with Gasteiger partial charge in [-0.15, -0.1) is 0 Å². The molecule has 6 rings (SSSR count). The average molecular weight is 585 g/mol. The molecule has 3 aliphatic rings. The van der Waals surface area contributed by atoms with Gasteiger partial charge in [-0.2, -0.15) is 4.98 Å². The van der Waals surface area contributed by atoms with Crippen LogP contribution in [0.25, 0.3) is 0 Å². The molecular formula is C27H22Cl2N4O7. The number of hydrogen-bond donors (Lipinski definition) is 4. The topological polar surface area (TPSA) is 166 Å². The number of carbonyl (C=O) groups is 2. The van der Waals surface area contributed by atoms with Gasteiger partial charge in [0, 0.05) is 29.2 Å². The van der Waals surface area contributed by atoms with Crippen LogP contribution in [0.3, 0.4) is 0 Å². The number of nitrogen functional groups attached to an aromatic ring is 1. The molecule has 206 valence electrons. The normalized spacial score (nSPS) is 22.8. The molecular weight excluding hydrogens is 563 g/mol. The highest BCUT2D eigenvalue weighted by Gasteiger charge is 2.63. The van der Waals surface area contributed by atoms with Gasteiger partial charge in [-0.05, 0) is 24.1 Å². The maximum atomic E-state index is 14.7. The Morgan fingerprint density at radius 1 is 1.12 bits per heavy atom. The fraction of sp³-hybridized carbons (Fsp3) is 0.259. The number of hydrogen-bond acceptors (Lipinski definition) is 10. The third kappa shape index (κ3) is 3.37. The molecule has 3 atom stereocenters. The summed E-state index contributed by atoms with van der Waals surface area (Å²) in [6, 6.07) is 5.80. The summed E-state index contributed by atoms with van der Waals surface area (Å²) < 4.78 is 17.0. The first-order valence-electron chi connectivity index (χ1n) is 12.1. The summed E-state index contributed by atoms with van der Waals surface area (Å²) >= 11 is 12.8. The molecule has 40 heavy (non-hydrogen) atoms. The molecule has 1 unspecified atom stereocenters. The maximum Gasteiger partial charge on any atom is 0.258 e. The molecule has 0 radical (unpaired) electrons. The lowest BCUT2D eigenvalue weighted by molar-refractivity contribution is -0.130. The van der Waals surface area contributed by atoms with E-state index in [0.29, 0.717) is 11.3 Å². The zero-order chi connectivity index (χ0) is 28.7. The Kier molecular flexibility index (Phi) is 5.79. The van der Waals surface area contributed by atoms with Crippen molar-refractivity contribution < 1.29 is 28.9 Å². The summed E-state index contributed by atoms with van der Waals surface area (Å²) in [5, 5.41) is 13.2. The zero-order valence-corrected chi connectivity index (χ0v) is 22.9. The van der Waals surface area contributed by atoms with Gasteiger partial charge in [-0.25, -0.2) is 0 Å². The first-order chi connectivity index (χ1) is 19.0. The van der Waals surface area contributed by atoms with Gasteiger partial charge in [-0.3, -0.25) is 19.4 Å². The Bertz CT molecular complexity index is 1750. The minimum Gasteiger partial charge on any atom is -0.506 e. The van der Waals surface area contributed by atoms with Crippen molar-refractivity contribution in [2.75, 3.05) is 25.3 Å². The number of ether oxygens (including phenoxy) is 3. The molecule has 13 heteroatoms. The Hall–Kier alpha value is -4.22. The van der Waals surface area contributed by atoms with Gasteiger partial charge in [0.05, 0.1) is 24.8 Å². The first-order valence-corrected chi connectivity index (χ1v) is 12.9. The van der Waals surface area contributed by atoms with Gasteiger partial charge in [0.15, 0.2) is 5.75 Å². The fourth-order valence-electron chi connectivity index (χ4n) is 5.81. The Balaban J connectivity index is 1.59. The fourth-order valence-corrected chi connectivity index (χ4v) is 6.26. The number of nitrogens with one attached hydrogen (secondary N) is 2. The van der Waals surface area contributed by atoms with Gasteiger partial charge in [-0.1, -0.05) is 36.2 Å². The van der Waals surface area contributed by atoms with E-state index in [0.717, 1.165) is 0 Å². The van der Waals surface area contributed by atoms with Crippen molar-refractivity contribution in [2.45, 2.75) is 24.9 Å². The van der Waals surface area contributed by atoms with Crippen molar-refractivity contribution >= 4 is 46.5 Å². The SMILES string of the molecule is COc1cc(OC)c2c(c1Cl)O[C@@]1(C(=O)C3=C(C[C@H]1C)Nc1nc(N)[nH]c(=O)c1C3c1ccc(O)c(Cl)c1)C2=O. The number of halogens is 2. The van der Waals surface area contributed by atoms with Crippen LogP contribution in [0, 0.1) is 5.92 Å². The maximum absolute atomic E-state index is 14.7. The number of phenols is 1. The van der Waals surface area contributed by atoms with Crippen LogP contribution < -0.4 is 30.8 Å². The van der Waals surface area contributed by atoms with Crippen LogP contribution in [0.15, 0.2) is 40.3 Å². The third-order valence-electron chi connectivity index (χ3n) is 7.66. The largest absolute Gasteiger partial charge is 0.506 e. The number of Topliss-reactive ketones (excluding diaryl/α,β-unsaturated/α-hetero) is 2. The molecule has 11 nitrogen and oxygen atoms in total. The minimum absolute atomic E-state index is 0.00937. The highest BCUT2D eigenvalue weighted by atomic mass is 35.5. The number of ketones is 2. The molecule has 0 amide bonds. The molecule has 0 saturated heterocycles. The number of nitrogens with zero attached hydrogens (tertiary/aromatic N) is 1. The second-order valence-corrected chi connectivity index (χ2v) is 10.6. The lowest BCUT2D eigenvalue weighted by Gasteiger charge is -2.42. The second-order valence-electron chi connectivity index (χ2n) is 9.77. The van der Waals surface area contributed by atoms with Crippen molar-refractivity contribution in [1.82, 2.24) is 9.97 Å². The second kappa shape index (κ2) is 8.90. The van der Waals surface area contributed by atoms with Crippen molar-refractivity contribution in [3.63, 3.8) is 0 Å². The molecule has 1 aromatic heterocycles. The van der Waals surface area contributed by atoms with Crippen LogP contribution in [0.1, 0.15) is 40.7 Å². The molecule has 1 aliphatic carbocycles. The highest BCUT2D eigenvalue weighted by molar-refractivity contribution is 6.36. The van der Waals surface area contributed by atoms with Crippen molar-refractivity contribution in [3.05, 3.63) is 72.6 Å². The molecule has 1 spiro atoms. The number of aromatic amines is 1. The van der Waals surface area contributed by atoms with E-state index in [-0.39, 0.29) is 67.9 Å². The van der Waals surface area contributed by atoms with Gasteiger partial charge < -0.3 is 30.4 Å². The van der Waals surface area contributed by atoms with E-state index in [9.17, 15) is 19.5 Å². The van der Waals surface area contributed by atoms with Crippen LogP contribution in [0.2, 0.25) is 10.0 Å². The smallest absolute Gasteiger partial charge is 0.258 e. The van der Waals surface area contributed by atoms with E-state index < -0.39 is 34.6 Å². The van der Waals surface area contributed by atoms with Crippen LogP contribution in [0.5, 0.6) is 23.0 Å². The zero-order valence-electron chi connectivity index (χ0n) is 21.3. The number of nitrogens with two attached hydrogens (primary N) is 1. The number of anilines is 2. The van der Waals surface area contributed by atoms with E-state index >= 15 is 0 Å². The quantitative estimate of drug-likeness (QED) is 0.332. The van der Waals surface area contributed by atoms with Gasteiger partial charge >= 0.3 is 0 Å². The van der Waals surface area contributed by atoms with Crippen molar-refractivity contribution in [1.29, 1.82) is 0 Å². The summed E-state index contributed by atoms with van der Waals surface area (Å²) in [4.78, 5) is 48.8. The van der Waals surface area contributed by atoms with Crippen LogP contribution in [0.4, 0.5) is 11.8 Å².